The highest BCUT2D eigenvalue weighted by molar-refractivity contribution is 4.81. The van der Waals surface area contributed by atoms with E-state index < -0.39 is 0 Å². The molecule has 3 fully saturated rings. The molecule has 0 radical (unpaired) electrons. The summed E-state index contributed by atoms with van der Waals surface area (Å²) in [5.74, 6) is 2.99. The van der Waals surface area contributed by atoms with E-state index in [4.69, 9.17) is 0 Å². The van der Waals surface area contributed by atoms with Gasteiger partial charge in [-0.15, -0.1) is 0 Å². The second kappa shape index (κ2) is 14.8. The monoisotopic (exact) mass is 381 g/mol. The number of nitrogens with zero attached hydrogens (tertiary/aromatic N) is 3. The molecule has 3 saturated heterocycles. The fraction of sp³-hybridized carbons (Fsp3) is 1.00. The standard InChI is InChI=1S/C20H39N3.2C2H6/c1-3-22-10-4-5-20(16-22)17-23-13-8-19(9-14-23)15-18-6-11-21(2)12-7-18;2*1-2/h18-20H,3-17H2,1-2H3;2*1-2H3. The van der Waals surface area contributed by atoms with Crippen molar-refractivity contribution < 1.29 is 0 Å². The first-order valence-electron chi connectivity index (χ1n) is 12.4. The average molecular weight is 382 g/mol. The lowest BCUT2D eigenvalue weighted by atomic mass is 9.82. The summed E-state index contributed by atoms with van der Waals surface area (Å²) in [6.07, 6.45) is 10.2. The van der Waals surface area contributed by atoms with Crippen molar-refractivity contribution in [3.63, 3.8) is 0 Å². The van der Waals surface area contributed by atoms with Crippen LogP contribution in [-0.4, -0.2) is 74.1 Å². The van der Waals surface area contributed by atoms with Gasteiger partial charge in [-0.25, -0.2) is 0 Å². The first kappa shape index (κ1) is 24.9. The van der Waals surface area contributed by atoms with E-state index >= 15 is 0 Å². The van der Waals surface area contributed by atoms with E-state index in [1.807, 2.05) is 27.7 Å². The maximum Gasteiger partial charge on any atom is 0.00219 e. The molecule has 162 valence electrons. The molecule has 1 atom stereocenters. The highest BCUT2D eigenvalue weighted by atomic mass is 15.2. The molecule has 0 aromatic rings. The maximum atomic E-state index is 2.79. The molecule has 3 aliphatic heterocycles. The lowest BCUT2D eigenvalue weighted by Crippen LogP contribution is -2.43. The van der Waals surface area contributed by atoms with Crippen LogP contribution in [0.15, 0.2) is 0 Å². The minimum absolute atomic E-state index is 0.939. The van der Waals surface area contributed by atoms with Crippen LogP contribution >= 0.6 is 0 Å². The summed E-state index contributed by atoms with van der Waals surface area (Å²) in [5, 5.41) is 0. The SMILES string of the molecule is CC.CC.CCN1CCCC(CN2CCC(CC3CCN(C)CC3)CC2)C1. The highest BCUT2D eigenvalue weighted by Gasteiger charge is 2.27. The largest absolute Gasteiger partial charge is 0.306 e. The number of piperidine rings is 3. The minimum Gasteiger partial charge on any atom is -0.306 e. The van der Waals surface area contributed by atoms with E-state index in [9.17, 15) is 0 Å². The summed E-state index contributed by atoms with van der Waals surface area (Å²) in [7, 11) is 2.28. The van der Waals surface area contributed by atoms with Crippen LogP contribution in [0.5, 0.6) is 0 Å². The molecule has 0 aromatic heterocycles. The molecule has 0 aliphatic carbocycles. The zero-order valence-electron chi connectivity index (χ0n) is 19.7. The molecule has 0 amide bonds. The second-order valence-corrected chi connectivity index (χ2v) is 8.63. The third-order valence-corrected chi connectivity index (χ3v) is 6.78. The van der Waals surface area contributed by atoms with Crippen LogP contribution < -0.4 is 0 Å². The van der Waals surface area contributed by atoms with Crippen molar-refractivity contribution in [1.82, 2.24) is 14.7 Å². The fourth-order valence-corrected chi connectivity index (χ4v) is 5.13. The van der Waals surface area contributed by atoms with Gasteiger partial charge in [0.1, 0.15) is 0 Å². The van der Waals surface area contributed by atoms with E-state index in [2.05, 4.69) is 28.7 Å². The molecule has 0 saturated carbocycles. The van der Waals surface area contributed by atoms with Gasteiger partial charge in [-0.2, -0.15) is 0 Å². The van der Waals surface area contributed by atoms with Crippen molar-refractivity contribution in [2.75, 3.05) is 59.4 Å². The van der Waals surface area contributed by atoms with E-state index in [0.29, 0.717) is 0 Å². The van der Waals surface area contributed by atoms with Crippen LogP contribution in [-0.2, 0) is 0 Å². The fourth-order valence-electron chi connectivity index (χ4n) is 5.13. The van der Waals surface area contributed by atoms with Gasteiger partial charge in [-0.3, -0.25) is 0 Å². The summed E-state index contributed by atoms with van der Waals surface area (Å²) in [6.45, 7) is 21.0. The van der Waals surface area contributed by atoms with Crippen LogP contribution in [0.3, 0.4) is 0 Å². The molecule has 0 N–H and O–H groups in total. The third-order valence-electron chi connectivity index (χ3n) is 6.78. The Kier molecular flexibility index (Phi) is 13.7. The Balaban J connectivity index is 0.000000855. The number of rotatable bonds is 5. The molecule has 3 heteroatoms. The van der Waals surface area contributed by atoms with Gasteiger partial charge in [0.25, 0.3) is 0 Å². The van der Waals surface area contributed by atoms with Gasteiger partial charge >= 0.3 is 0 Å². The quantitative estimate of drug-likeness (QED) is 0.647. The molecular weight excluding hydrogens is 330 g/mol. The highest BCUT2D eigenvalue weighted by Crippen LogP contribution is 2.30. The Morgan fingerprint density at radius 1 is 0.667 bits per heavy atom. The predicted molar refractivity (Wildman–Crippen MR) is 122 cm³/mol. The summed E-state index contributed by atoms with van der Waals surface area (Å²) < 4.78 is 0. The van der Waals surface area contributed by atoms with Crippen LogP contribution in [0.2, 0.25) is 0 Å². The summed E-state index contributed by atoms with van der Waals surface area (Å²) in [6, 6.07) is 0. The number of likely N-dealkylation sites (tertiary alicyclic amines) is 3. The normalized spacial score (nSPS) is 26.7. The second-order valence-electron chi connectivity index (χ2n) is 8.63. The summed E-state index contributed by atoms with van der Waals surface area (Å²) in [5.41, 5.74) is 0. The summed E-state index contributed by atoms with van der Waals surface area (Å²) in [4.78, 5) is 7.94. The molecule has 3 aliphatic rings. The zero-order valence-corrected chi connectivity index (χ0v) is 19.7. The predicted octanol–water partition coefficient (Wildman–Crippen LogP) is 5.21. The lowest BCUT2D eigenvalue weighted by Gasteiger charge is -2.39. The van der Waals surface area contributed by atoms with Gasteiger partial charge in [-0.1, -0.05) is 34.6 Å². The topological polar surface area (TPSA) is 9.72 Å². The Morgan fingerprint density at radius 3 is 1.78 bits per heavy atom. The van der Waals surface area contributed by atoms with E-state index in [-0.39, 0.29) is 0 Å². The molecule has 0 spiro atoms. The Bertz CT molecular complexity index is 331. The Morgan fingerprint density at radius 2 is 1.22 bits per heavy atom. The molecule has 1 unspecified atom stereocenters. The first-order valence-corrected chi connectivity index (χ1v) is 12.4. The van der Waals surface area contributed by atoms with Crippen molar-refractivity contribution in [3.8, 4) is 0 Å². The van der Waals surface area contributed by atoms with Crippen LogP contribution in [0.4, 0.5) is 0 Å². The molecule has 3 heterocycles. The van der Waals surface area contributed by atoms with Gasteiger partial charge in [0, 0.05) is 13.1 Å². The van der Waals surface area contributed by atoms with Gasteiger partial charge in [0.2, 0.25) is 0 Å². The van der Waals surface area contributed by atoms with Crippen LogP contribution in [0.25, 0.3) is 0 Å². The molecule has 0 aromatic carbocycles. The van der Waals surface area contributed by atoms with Crippen molar-refractivity contribution in [2.45, 2.75) is 79.6 Å². The smallest absolute Gasteiger partial charge is 0.00219 e. The first-order chi connectivity index (χ1) is 13.2. The van der Waals surface area contributed by atoms with Crippen molar-refractivity contribution in [2.24, 2.45) is 17.8 Å². The number of hydrogen-bond acceptors (Lipinski definition) is 3. The van der Waals surface area contributed by atoms with E-state index in [0.717, 1.165) is 17.8 Å². The lowest BCUT2D eigenvalue weighted by molar-refractivity contribution is 0.101. The minimum atomic E-state index is 0.939. The molecule has 27 heavy (non-hydrogen) atoms. The molecular formula is C24H51N3. The Labute approximate surface area is 171 Å². The van der Waals surface area contributed by atoms with Crippen molar-refractivity contribution >= 4 is 0 Å². The number of hydrogen-bond donors (Lipinski definition) is 0. The van der Waals surface area contributed by atoms with Crippen molar-refractivity contribution in [3.05, 3.63) is 0 Å². The molecule has 3 nitrogen and oxygen atoms in total. The van der Waals surface area contributed by atoms with Gasteiger partial charge in [0.15, 0.2) is 0 Å². The molecule has 3 rings (SSSR count). The van der Waals surface area contributed by atoms with Gasteiger partial charge in [-0.05, 0) is 109 Å². The van der Waals surface area contributed by atoms with Crippen LogP contribution in [0.1, 0.15) is 79.6 Å². The zero-order chi connectivity index (χ0) is 20.1. The van der Waals surface area contributed by atoms with Gasteiger partial charge in [0.05, 0.1) is 0 Å². The van der Waals surface area contributed by atoms with Gasteiger partial charge < -0.3 is 14.7 Å². The third kappa shape index (κ3) is 9.28. The molecule has 0 bridgehead atoms. The van der Waals surface area contributed by atoms with E-state index in [1.165, 1.54) is 97.3 Å². The van der Waals surface area contributed by atoms with E-state index in [1.54, 1.807) is 0 Å². The van der Waals surface area contributed by atoms with Crippen molar-refractivity contribution in [1.29, 1.82) is 0 Å². The van der Waals surface area contributed by atoms with Crippen LogP contribution in [0, 0.1) is 17.8 Å². The average Bonchev–Trinajstić information content (AvgIpc) is 2.74. The Hall–Kier alpha value is -0.120. The maximum absolute atomic E-state index is 2.79. The summed E-state index contributed by atoms with van der Waals surface area (Å²) >= 11 is 0.